The molecule has 1 aromatic carbocycles. The van der Waals surface area contributed by atoms with Crippen molar-refractivity contribution in [2.45, 2.75) is 39.2 Å². The molecule has 108 valence electrons. The number of halogens is 1. The van der Waals surface area contributed by atoms with Crippen LogP contribution in [-0.2, 0) is 6.42 Å². The van der Waals surface area contributed by atoms with Crippen LogP contribution in [0.15, 0.2) is 36.4 Å². The summed E-state index contributed by atoms with van der Waals surface area (Å²) in [6.45, 7) is 5.40. The fraction of sp³-hybridized carbons (Fsp3) is 0.412. The number of nitrogens with one attached hydrogen (secondary N) is 1. The van der Waals surface area contributed by atoms with Crippen LogP contribution in [0.25, 0.3) is 0 Å². The Balaban J connectivity index is 2.00. The number of benzene rings is 1. The van der Waals surface area contributed by atoms with Crippen LogP contribution >= 0.6 is 22.9 Å². The van der Waals surface area contributed by atoms with Crippen LogP contribution in [0.4, 0.5) is 0 Å². The Hall–Kier alpha value is -0.830. The normalized spacial score (nSPS) is 12.6. The minimum Gasteiger partial charge on any atom is -0.309 e. The summed E-state index contributed by atoms with van der Waals surface area (Å²) in [6.07, 6.45) is 3.36. The molecule has 1 unspecified atom stereocenters. The van der Waals surface area contributed by atoms with Gasteiger partial charge in [-0.25, -0.2) is 0 Å². The van der Waals surface area contributed by atoms with E-state index in [1.54, 1.807) is 11.3 Å². The van der Waals surface area contributed by atoms with Gasteiger partial charge in [0.25, 0.3) is 0 Å². The monoisotopic (exact) mass is 307 g/mol. The maximum atomic E-state index is 6.07. The van der Waals surface area contributed by atoms with Crippen molar-refractivity contribution in [3.05, 3.63) is 56.7 Å². The van der Waals surface area contributed by atoms with Gasteiger partial charge in [0.15, 0.2) is 0 Å². The van der Waals surface area contributed by atoms with Crippen LogP contribution in [0.3, 0.4) is 0 Å². The molecule has 0 spiro atoms. The van der Waals surface area contributed by atoms with Gasteiger partial charge in [0.2, 0.25) is 0 Å². The van der Waals surface area contributed by atoms with E-state index in [-0.39, 0.29) is 0 Å². The lowest BCUT2D eigenvalue weighted by Crippen LogP contribution is -2.21. The molecule has 3 heteroatoms. The zero-order valence-electron chi connectivity index (χ0n) is 12.2. The third-order valence-corrected chi connectivity index (χ3v) is 4.73. The van der Waals surface area contributed by atoms with Crippen LogP contribution in [0.5, 0.6) is 0 Å². The van der Waals surface area contributed by atoms with Gasteiger partial charge in [0.1, 0.15) is 0 Å². The number of aryl methyl sites for hydroxylation is 2. The molecule has 0 bridgehead atoms. The highest BCUT2D eigenvalue weighted by Gasteiger charge is 2.13. The van der Waals surface area contributed by atoms with Gasteiger partial charge in [0.05, 0.1) is 4.34 Å². The van der Waals surface area contributed by atoms with Crippen molar-refractivity contribution in [3.63, 3.8) is 0 Å². The van der Waals surface area contributed by atoms with E-state index in [1.165, 1.54) is 16.0 Å². The first-order chi connectivity index (χ1) is 9.69. The molecule has 0 aliphatic heterocycles. The molecule has 1 heterocycles. The molecule has 0 amide bonds. The van der Waals surface area contributed by atoms with Crippen molar-refractivity contribution in [2.75, 3.05) is 6.54 Å². The average Bonchev–Trinajstić information content (AvgIpc) is 2.85. The van der Waals surface area contributed by atoms with Crippen molar-refractivity contribution >= 4 is 22.9 Å². The molecular weight excluding hydrogens is 286 g/mol. The Bertz CT molecular complexity index is 535. The first-order valence-electron chi connectivity index (χ1n) is 7.23. The Morgan fingerprint density at radius 1 is 1.25 bits per heavy atom. The summed E-state index contributed by atoms with van der Waals surface area (Å²) >= 11 is 7.75. The summed E-state index contributed by atoms with van der Waals surface area (Å²) in [4.78, 5) is 1.34. The molecule has 0 saturated heterocycles. The quantitative estimate of drug-likeness (QED) is 0.723. The van der Waals surface area contributed by atoms with E-state index < -0.39 is 0 Å². The SMILES string of the molecule is CCCNC(CCc1cccc(C)c1)c1ccc(Cl)s1. The fourth-order valence-electron chi connectivity index (χ4n) is 2.36. The van der Waals surface area contributed by atoms with Crippen LogP contribution in [-0.4, -0.2) is 6.54 Å². The number of hydrogen-bond acceptors (Lipinski definition) is 2. The van der Waals surface area contributed by atoms with Crippen molar-refractivity contribution in [1.82, 2.24) is 5.32 Å². The van der Waals surface area contributed by atoms with Crippen LogP contribution in [0.1, 0.15) is 41.8 Å². The number of hydrogen-bond donors (Lipinski definition) is 1. The highest BCUT2D eigenvalue weighted by molar-refractivity contribution is 7.16. The summed E-state index contributed by atoms with van der Waals surface area (Å²) in [6, 6.07) is 13.3. The minimum atomic E-state index is 0.410. The average molecular weight is 308 g/mol. The maximum Gasteiger partial charge on any atom is 0.0931 e. The lowest BCUT2D eigenvalue weighted by atomic mass is 10.0. The Labute approximate surface area is 131 Å². The standard InChI is InChI=1S/C17H22ClNS/c1-3-11-19-15(16-9-10-17(18)20-16)8-7-14-6-4-5-13(2)12-14/h4-6,9-10,12,15,19H,3,7-8,11H2,1-2H3. The van der Waals surface area contributed by atoms with E-state index >= 15 is 0 Å². The Morgan fingerprint density at radius 2 is 2.10 bits per heavy atom. The first-order valence-corrected chi connectivity index (χ1v) is 8.42. The molecular formula is C17H22ClNS. The van der Waals surface area contributed by atoms with Gasteiger partial charge in [-0.15, -0.1) is 11.3 Å². The molecule has 2 rings (SSSR count). The lowest BCUT2D eigenvalue weighted by molar-refractivity contribution is 0.506. The second kappa shape index (κ2) is 7.82. The van der Waals surface area contributed by atoms with Crippen LogP contribution in [0, 0.1) is 6.92 Å². The molecule has 20 heavy (non-hydrogen) atoms. The van der Waals surface area contributed by atoms with E-state index in [0.717, 1.165) is 30.1 Å². The molecule has 2 aromatic rings. The predicted molar refractivity (Wildman–Crippen MR) is 89.9 cm³/mol. The topological polar surface area (TPSA) is 12.0 Å². The summed E-state index contributed by atoms with van der Waals surface area (Å²) in [5.41, 5.74) is 2.75. The van der Waals surface area contributed by atoms with Crippen molar-refractivity contribution in [3.8, 4) is 0 Å². The van der Waals surface area contributed by atoms with E-state index in [2.05, 4.69) is 49.5 Å². The molecule has 0 fully saturated rings. The van der Waals surface area contributed by atoms with E-state index in [0.29, 0.717) is 6.04 Å². The van der Waals surface area contributed by atoms with E-state index in [1.807, 2.05) is 6.07 Å². The third-order valence-electron chi connectivity index (χ3n) is 3.38. The zero-order chi connectivity index (χ0) is 14.4. The van der Waals surface area contributed by atoms with Gasteiger partial charge in [0, 0.05) is 10.9 Å². The number of rotatable bonds is 7. The largest absolute Gasteiger partial charge is 0.309 e. The highest BCUT2D eigenvalue weighted by atomic mass is 35.5. The van der Waals surface area contributed by atoms with Gasteiger partial charge in [-0.1, -0.05) is 48.4 Å². The summed E-state index contributed by atoms with van der Waals surface area (Å²) < 4.78 is 0.874. The second-order valence-electron chi connectivity index (χ2n) is 5.18. The predicted octanol–water partition coefficient (Wildman–Crippen LogP) is 5.38. The van der Waals surface area contributed by atoms with E-state index in [9.17, 15) is 0 Å². The summed E-state index contributed by atoms with van der Waals surface area (Å²) in [5.74, 6) is 0. The van der Waals surface area contributed by atoms with Crippen LogP contribution < -0.4 is 5.32 Å². The van der Waals surface area contributed by atoms with Gasteiger partial charge in [-0.3, -0.25) is 0 Å². The van der Waals surface area contributed by atoms with Crippen molar-refractivity contribution in [2.24, 2.45) is 0 Å². The smallest absolute Gasteiger partial charge is 0.0931 e. The third kappa shape index (κ3) is 4.62. The molecule has 1 atom stereocenters. The van der Waals surface area contributed by atoms with Crippen molar-refractivity contribution < 1.29 is 0 Å². The minimum absolute atomic E-state index is 0.410. The van der Waals surface area contributed by atoms with Crippen LogP contribution in [0.2, 0.25) is 4.34 Å². The molecule has 1 N–H and O–H groups in total. The lowest BCUT2D eigenvalue weighted by Gasteiger charge is -2.17. The first kappa shape index (κ1) is 15.6. The van der Waals surface area contributed by atoms with Gasteiger partial charge in [-0.05, 0) is 50.4 Å². The van der Waals surface area contributed by atoms with Crippen molar-refractivity contribution in [1.29, 1.82) is 0 Å². The fourth-order valence-corrected chi connectivity index (χ4v) is 3.53. The zero-order valence-corrected chi connectivity index (χ0v) is 13.7. The Kier molecular flexibility index (Phi) is 6.08. The molecule has 1 aromatic heterocycles. The Morgan fingerprint density at radius 3 is 2.75 bits per heavy atom. The summed E-state index contributed by atoms with van der Waals surface area (Å²) in [7, 11) is 0. The molecule has 0 aliphatic rings. The van der Waals surface area contributed by atoms with Gasteiger partial charge < -0.3 is 5.32 Å². The van der Waals surface area contributed by atoms with Gasteiger partial charge >= 0.3 is 0 Å². The molecule has 0 radical (unpaired) electrons. The van der Waals surface area contributed by atoms with Gasteiger partial charge in [-0.2, -0.15) is 0 Å². The maximum absolute atomic E-state index is 6.07. The molecule has 1 nitrogen and oxygen atoms in total. The highest BCUT2D eigenvalue weighted by Crippen LogP contribution is 2.29. The number of thiophene rings is 1. The summed E-state index contributed by atoms with van der Waals surface area (Å²) in [5, 5.41) is 3.64. The second-order valence-corrected chi connectivity index (χ2v) is 6.92. The molecule has 0 aliphatic carbocycles. The molecule has 0 saturated carbocycles. The van der Waals surface area contributed by atoms with E-state index in [4.69, 9.17) is 11.6 Å².